The first-order chi connectivity index (χ1) is 13.6. The molecule has 3 rings (SSSR count). The number of nitrogens with zero attached hydrogens (tertiary/aromatic N) is 4. The predicted molar refractivity (Wildman–Crippen MR) is 111 cm³/mol. The van der Waals surface area contributed by atoms with Crippen LogP contribution in [0.4, 0.5) is 5.69 Å². The Morgan fingerprint density at radius 1 is 1.39 bits per heavy atom. The minimum atomic E-state index is -0.178. The van der Waals surface area contributed by atoms with Crippen LogP contribution in [0.3, 0.4) is 0 Å². The van der Waals surface area contributed by atoms with Gasteiger partial charge in [-0.3, -0.25) is 14.3 Å². The lowest BCUT2D eigenvalue weighted by molar-refractivity contribution is -0.113. The van der Waals surface area contributed by atoms with E-state index in [4.69, 9.17) is 16.3 Å². The molecule has 0 atom stereocenters. The largest absolute Gasteiger partial charge is 0.495 e. The Balaban J connectivity index is 1.68. The fourth-order valence-corrected chi connectivity index (χ4v) is 3.47. The summed E-state index contributed by atoms with van der Waals surface area (Å²) in [6.45, 7) is 4.30. The lowest BCUT2D eigenvalue weighted by Crippen LogP contribution is -2.14. The minimum Gasteiger partial charge on any atom is -0.495 e. The third-order valence-electron chi connectivity index (χ3n) is 3.72. The van der Waals surface area contributed by atoms with Crippen molar-refractivity contribution < 1.29 is 9.53 Å². The van der Waals surface area contributed by atoms with E-state index in [0.29, 0.717) is 34.0 Å². The van der Waals surface area contributed by atoms with Crippen LogP contribution >= 0.6 is 23.4 Å². The number of hydrogen-bond donors (Lipinski definition) is 1. The van der Waals surface area contributed by atoms with E-state index >= 15 is 0 Å². The molecule has 3 aromatic rings. The van der Waals surface area contributed by atoms with E-state index in [0.717, 1.165) is 5.56 Å². The zero-order chi connectivity index (χ0) is 19.9. The standard InChI is InChI=1S/C19H18ClN5O2S/c1-3-9-25-18(13-5-4-8-21-11-13)23-24-19(25)28-12-17(26)22-14-6-7-16(27-2)15(20)10-14/h3-8,10-11H,1,9,12H2,2H3,(H,22,26). The van der Waals surface area contributed by atoms with Gasteiger partial charge >= 0.3 is 0 Å². The van der Waals surface area contributed by atoms with Crippen molar-refractivity contribution in [1.82, 2.24) is 19.7 Å². The number of pyridine rings is 1. The Morgan fingerprint density at radius 2 is 2.25 bits per heavy atom. The summed E-state index contributed by atoms with van der Waals surface area (Å²) in [5.74, 6) is 1.22. The van der Waals surface area contributed by atoms with E-state index in [-0.39, 0.29) is 11.7 Å². The van der Waals surface area contributed by atoms with Crippen LogP contribution in [0, 0.1) is 0 Å². The molecule has 2 heterocycles. The second kappa shape index (κ2) is 9.38. The van der Waals surface area contributed by atoms with E-state index < -0.39 is 0 Å². The van der Waals surface area contributed by atoms with Crippen LogP contribution < -0.4 is 10.1 Å². The highest BCUT2D eigenvalue weighted by atomic mass is 35.5. The number of methoxy groups -OCH3 is 1. The SMILES string of the molecule is C=CCn1c(SCC(=O)Nc2ccc(OC)c(Cl)c2)nnc1-c1cccnc1. The predicted octanol–water partition coefficient (Wildman–Crippen LogP) is 3.92. The number of thioether (sulfide) groups is 1. The maximum Gasteiger partial charge on any atom is 0.234 e. The number of rotatable bonds is 8. The van der Waals surface area contributed by atoms with Gasteiger partial charge in [0.05, 0.1) is 17.9 Å². The smallest absolute Gasteiger partial charge is 0.234 e. The first-order valence-corrected chi connectivity index (χ1v) is 9.69. The average Bonchev–Trinajstić information content (AvgIpc) is 3.10. The molecule has 0 saturated heterocycles. The van der Waals surface area contributed by atoms with Gasteiger partial charge in [0.1, 0.15) is 5.75 Å². The number of aromatic nitrogens is 4. The molecule has 2 aromatic heterocycles. The summed E-state index contributed by atoms with van der Waals surface area (Å²) in [6.07, 6.45) is 5.17. The molecule has 1 aromatic carbocycles. The van der Waals surface area contributed by atoms with Gasteiger partial charge < -0.3 is 10.1 Å². The van der Waals surface area contributed by atoms with E-state index in [1.165, 1.54) is 18.9 Å². The van der Waals surface area contributed by atoms with Gasteiger partial charge in [-0.1, -0.05) is 29.4 Å². The van der Waals surface area contributed by atoms with Crippen molar-refractivity contribution in [2.45, 2.75) is 11.7 Å². The van der Waals surface area contributed by atoms with Crippen LogP contribution in [0.1, 0.15) is 0 Å². The summed E-state index contributed by atoms with van der Waals surface area (Å²) < 4.78 is 7.00. The molecule has 0 fully saturated rings. The van der Waals surface area contributed by atoms with Gasteiger partial charge in [0.15, 0.2) is 11.0 Å². The van der Waals surface area contributed by atoms with Crippen molar-refractivity contribution in [3.8, 4) is 17.1 Å². The number of benzene rings is 1. The zero-order valence-electron chi connectivity index (χ0n) is 15.1. The number of allylic oxidation sites excluding steroid dienone is 1. The molecular formula is C19H18ClN5O2S. The van der Waals surface area contributed by atoms with Crippen molar-refractivity contribution in [3.05, 3.63) is 60.4 Å². The Hall–Kier alpha value is -2.84. The summed E-state index contributed by atoms with van der Waals surface area (Å²) in [5.41, 5.74) is 1.45. The van der Waals surface area contributed by atoms with Crippen molar-refractivity contribution in [3.63, 3.8) is 0 Å². The van der Waals surface area contributed by atoms with Crippen LogP contribution in [-0.4, -0.2) is 38.5 Å². The molecule has 0 bridgehead atoms. The number of ether oxygens (including phenoxy) is 1. The molecule has 0 unspecified atom stereocenters. The van der Waals surface area contributed by atoms with Gasteiger partial charge in [-0.05, 0) is 30.3 Å². The van der Waals surface area contributed by atoms with Gasteiger partial charge in [0.25, 0.3) is 0 Å². The van der Waals surface area contributed by atoms with E-state index in [1.54, 1.807) is 36.7 Å². The molecule has 7 nitrogen and oxygen atoms in total. The summed E-state index contributed by atoms with van der Waals surface area (Å²) >= 11 is 7.38. The third-order valence-corrected chi connectivity index (χ3v) is 4.98. The first-order valence-electron chi connectivity index (χ1n) is 8.33. The number of halogens is 1. The highest BCUT2D eigenvalue weighted by molar-refractivity contribution is 7.99. The maximum absolute atomic E-state index is 12.3. The fourth-order valence-electron chi connectivity index (χ4n) is 2.47. The number of anilines is 1. The van der Waals surface area contributed by atoms with E-state index in [9.17, 15) is 4.79 Å². The van der Waals surface area contributed by atoms with Crippen molar-refractivity contribution in [2.24, 2.45) is 0 Å². The number of carbonyl (C=O) groups is 1. The highest BCUT2D eigenvalue weighted by Gasteiger charge is 2.15. The molecule has 0 radical (unpaired) electrons. The van der Waals surface area contributed by atoms with Crippen molar-refractivity contribution in [1.29, 1.82) is 0 Å². The Morgan fingerprint density at radius 3 is 2.93 bits per heavy atom. The molecule has 0 spiro atoms. The Bertz CT molecular complexity index is 978. The van der Waals surface area contributed by atoms with Crippen molar-refractivity contribution >= 4 is 35.0 Å². The molecule has 0 aliphatic carbocycles. The van der Waals surface area contributed by atoms with E-state index in [1.807, 2.05) is 16.7 Å². The van der Waals surface area contributed by atoms with Crippen LogP contribution in [-0.2, 0) is 11.3 Å². The molecular weight excluding hydrogens is 398 g/mol. The third kappa shape index (κ3) is 4.71. The highest BCUT2D eigenvalue weighted by Crippen LogP contribution is 2.28. The molecule has 28 heavy (non-hydrogen) atoms. The number of hydrogen-bond acceptors (Lipinski definition) is 6. The van der Waals surface area contributed by atoms with Gasteiger partial charge in [0, 0.05) is 30.2 Å². The van der Waals surface area contributed by atoms with Gasteiger partial charge in [-0.2, -0.15) is 0 Å². The molecule has 1 amide bonds. The number of amides is 1. The second-order valence-corrected chi connectivity index (χ2v) is 6.98. The van der Waals surface area contributed by atoms with Gasteiger partial charge in [-0.15, -0.1) is 16.8 Å². The molecule has 144 valence electrons. The molecule has 0 aliphatic heterocycles. The monoisotopic (exact) mass is 415 g/mol. The zero-order valence-corrected chi connectivity index (χ0v) is 16.7. The quantitative estimate of drug-likeness (QED) is 0.443. The Kier molecular flexibility index (Phi) is 6.67. The topological polar surface area (TPSA) is 81.9 Å². The minimum absolute atomic E-state index is 0.173. The average molecular weight is 416 g/mol. The molecule has 0 saturated carbocycles. The second-order valence-electron chi connectivity index (χ2n) is 5.63. The first kappa shape index (κ1) is 19.9. The summed E-state index contributed by atoms with van der Waals surface area (Å²) in [6, 6.07) is 8.82. The van der Waals surface area contributed by atoms with E-state index in [2.05, 4.69) is 27.1 Å². The molecule has 0 aliphatic rings. The lowest BCUT2D eigenvalue weighted by atomic mass is 10.3. The normalized spacial score (nSPS) is 10.5. The maximum atomic E-state index is 12.3. The van der Waals surface area contributed by atoms with Crippen LogP contribution in [0.5, 0.6) is 5.75 Å². The molecule has 1 N–H and O–H groups in total. The van der Waals surface area contributed by atoms with Crippen LogP contribution in [0.15, 0.2) is 60.5 Å². The fraction of sp³-hybridized carbons (Fsp3) is 0.158. The summed E-state index contributed by atoms with van der Waals surface area (Å²) in [5, 5.41) is 12.3. The summed E-state index contributed by atoms with van der Waals surface area (Å²) in [4.78, 5) is 16.4. The summed E-state index contributed by atoms with van der Waals surface area (Å²) in [7, 11) is 1.54. The number of carbonyl (C=O) groups excluding carboxylic acids is 1. The van der Waals surface area contributed by atoms with Gasteiger partial charge in [-0.25, -0.2) is 0 Å². The Labute approximate surface area is 171 Å². The number of nitrogens with one attached hydrogen (secondary N) is 1. The van der Waals surface area contributed by atoms with Crippen molar-refractivity contribution in [2.75, 3.05) is 18.2 Å². The lowest BCUT2D eigenvalue weighted by Gasteiger charge is -2.09. The molecule has 9 heteroatoms. The van der Waals surface area contributed by atoms with Crippen LogP contribution in [0.25, 0.3) is 11.4 Å². The van der Waals surface area contributed by atoms with Gasteiger partial charge in [0.2, 0.25) is 5.91 Å². The van der Waals surface area contributed by atoms with Crippen LogP contribution in [0.2, 0.25) is 5.02 Å².